The number of allylic oxidation sites excluding steroid dienone is 1. The van der Waals surface area contributed by atoms with Crippen LogP contribution < -0.4 is 20.1 Å². The average Bonchev–Trinajstić information content (AvgIpc) is 4.22. The highest BCUT2D eigenvalue weighted by Gasteiger charge is 2.45. The second-order valence-electron chi connectivity index (χ2n) is 22.8. The Hall–Kier alpha value is -7.37. The standard InChI is InChI=1S/C57H70N8O10/c1-32(2)48(61-53(68)74-56(5,6)7)51(66)64-21-11-12-44(64)50-59-27-43(60-50)37-19-17-35(18-20-37)34-13-15-36(16-14-34)38-22-42(58-26-38)45-25-41(30-65(45)52(67)49(33(3)4)62-54(69)75-57(8,9)10)73-55(70)63-28-39-23-46-47(72-31-71-46)24-40(39)29-63/h13-20,23-24,26-27,32-33,41,44-45,48-49H,11-12,21-22,25,28-31H2,1-10H3,(H,59,60)(H,61,68)(H,62,69)/t41-,44+,45+,48+,49+/m1/s1. The molecule has 0 saturated carbocycles. The molecule has 0 bridgehead atoms. The van der Waals surface area contributed by atoms with Gasteiger partial charge in [-0.1, -0.05) is 76.2 Å². The van der Waals surface area contributed by atoms with Gasteiger partial charge in [-0.3, -0.25) is 19.5 Å². The SMILES string of the molecule is CC(C)[C@H](NC(=O)OC(C)(C)C)C(=O)N1C[C@H](OC(=O)N2Cc3cc4c(cc3C2)OCO4)C[C@H]1C1=NC=C(c2ccc(-c3ccc(-c4cnc([C@@H]5CCCN5C(=O)[C@@H](NC(=O)OC(C)(C)C)C(C)C)[nH]4)cc3)cc2)C1. The minimum absolute atomic E-state index is 0.129. The van der Waals surface area contributed by atoms with Crippen LogP contribution in [-0.4, -0.2) is 116 Å². The molecular formula is C57H70N8O10. The largest absolute Gasteiger partial charge is 0.454 e. The van der Waals surface area contributed by atoms with Crippen LogP contribution >= 0.6 is 0 Å². The second-order valence-corrected chi connectivity index (χ2v) is 22.8. The topological polar surface area (TPSA) is 206 Å². The summed E-state index contributed by atoms with van der Waals surface area (Å²) >= 11 is 0. The number of benzene rings is 3. The summed E-state index contributed by atoms with van der Waals surface area (Å²) in [6.45, 7) is 19.8. The van der Waals surface area contributed by atoms with Crippen molar-refractivity contribution in [3.8, 4) is 33.9 Å². The fourth-order valence-corrected chi connectivity index (χ4v) is 10.3. The molecule has 5 aliphatic rings. The van der Waals surface area contributed by atoms with Crippen molar-refractivity contribution in [3.63, 3.8) is 0 Å². The van der Waals surface area contributed by atoms with Crippen LogP contribution in [0.5, 0.6) is 11.5 Å². The molecule has 0 spiro atoms. The molecule has 4 aromatic rings. The molecule has 3 aromatic carbocycles. The Kier molecular flexibility index (Phi) is 14.8. The molecule has 2 saturated heterocycles. The number of carbonyl (C=O) groups is 5. The maximum absolute atomic E-state index is 14.6. The maximum atomic E-state index is 14.6. The van der Waals surface area contributed by atoms with Crippen molar-refractivity contribution >= 4 is 41.4 Å². The Morgan fingerprint density at radius 1 is 0.720 bits per heavy atom. The number of nitrogens with one attached hydrogen (secondary N) is 3. The van der Waals surface area contributed by atoms with Gasteiger partial charge in [0, 0.05) is 44.4 Å². The van der Waals surface area contributed by atoms with Gasteiger partial charge in [-0.05, 0) is 117 Å². The van der Waals surface area contributed by atoms with E-state index in [-0.39, 0.29) is 43.0 Å². The molecule has 75 heavy (non-hydrogen) atoms. The summed E-state index contributed by atoms with van der Waals surface area (Å²) in [5.41, 5.74) is 7.06. The third kappa shape index (κ3) is 11.9. The van der Waals surface area contributed by atoms with Crippen molar-refractivity contribution in [1.82, 2.24) is 35.3 Å². The predicted molar refractivity (Wildman–Crippen MR) is 281 cm³/mol. The van der Waals surface area contributed by atoms with Crippen LogP contribution in [0, 0.1) is 11.8 Å². The zero-order valence-corrected chi connectivity index (χ0v) is 44.7. The molecule has 398 valence electrons. The molecule has 5 atom stereocenters. The lowest BCUT2D eigenvalue weighted by Crippen LogP contribution is -2.54. The number of carbonyl (C=O) groups excluding carboxylic acids is 5. The van der Waals surface area contributed by atoms with Gasteiger partial charge in [0.2, 0.25) is 18.6 Å². The highest BCUT2D eigenvalue weighted by molar-refractivity contribution is 6.04. The number of likely N-dealkylation sites (tertiary alicyclic amines) is 2. The summed E-state index contributed by atoms with van der Waals surface area (Å²) in [5, 5.41) is 5.62. The first-order valence-corrected chi connectivity index (χ1v) is 26.1. The minimum Gasteiger partial charge on any atom is -0.454 e. The van der Waals surface area contributed by atoms with Crippen molar-refractivity contribution in [2.24, 2.45) is 16.8 Å². The molecule has 5 amide bonds. The Balaban J connectivity index is 0.845. The quantitative estimate of drug-likeness (QED) is 0.114. The molecule has 0 aliphatic carbocycles. The van der Waals surface area contributed by atoms with Gasteiger partial charge in [0.15, 0.2) is 11.5 Å². The third-order valence-corrected chi connectivity index (χ3v) is 14.1. The molecule has 2 fully saturated rings. The van der Waals surface area contributed by atoms with Crippen LogP contribution in [0.4, 0.5) is 14.4 Å². The number of aliphatic imine (C=N–C) groups is 1. The van der Waals surface area contributed by atoms with E-state index in [9.17, 15) is 24.0 Å². The lowest BCUT2D eigenvalue weighted by Gasteiger charge is -2.31. The van der Waals surface area contributed by atoms with Gasteiger partial charge in [0.1, 0.15) is 35.2 Å². The number of ether oxygens (including phenoxy) is 5. The molecule has 18 heteroatoms. The molecule has 6 heterocycles. The predicted octanol–water partition coefficient (Wildman–Crippen LogP) is 9.54. The fraction of sp³-hybridized carbons (Fsp3) is 0.491. The zero-order chi connectivity index (χ0) is 53.5. The van der Waals surface area contributed by atoms with Gasteiger partial charge in [0.05, 0.1) is 30.5 Å². The van der Waals surface area contributed by atoms with Gasteiger partial charge >= 0.3 is 18.3 Å². The van der Waals surface area contributed by atoms with E-state index in [1.54, 1.807) is 57.5 Å². The van der Waals surface area contributed by atoms with Gasteiger partial charge in [-0.15, -0.1) is 0 Å². The number of hydrogen-bond donors (Lipinski definition) is 3. The highest BCUT2D eigenvalue weighted by Crippen LogP contribution is 2.40. The van der Waals surface area contributed by atoms with E-state index in [2.05, 4.69) is 52.0 Å². The van der Waals surface area contributed by atoms with Gasteiger partial charge in [-0.2, -0.15) is 0 Å². The van der Waals surface area contributed by atoms with Crippen molar-refractivity contribution in [3.05, 3.63) is 95.6 Å². The van der Waals surface area contributed by atoms with E-state index in [1.807, 2.05) is 63.1 Å². The summed E-state index contributed by atoms with van der Waals surface area (Å²) in [6.07, 6.45) is 3.62. The monoisotopic (exact) mass is 1030 g/mol. The lowest BCUT2D eigenvalue weighted by molar-refractivity contribution is -0.136. The van der Waals surface area contributed by atoms with E-state index >= 15 is 0 Å². The maximum Gasteiger partial charge on any atom is 0.410 e. The van der Waals surface area contributed by atoms with E-state index < -0.39 is 53.7 Å². The Bertz CT molecular complexity index is 2840. The van der Waals surface area contributed by atoms with Crippen LogP contribution in [0.2, 0.25) is 0 Å². The fourth-order valence-electron chi connectivity index (χ4n) is 10.3. The summed E-state index contributed by atoms with van der Waals surface area (Å²) in [7, 11) is 0. The molecule has 18 nitrogen and oxygen atoms in total. The number of aromatic amines is 1. The first-order chi connectivity index (χ1) is 35.6. The first kappa shape index (κ1) is 52.5. The number of imidazole rings is 1. The minimum atomic E-state index is -0.899. The third-order valence-electron chi connectivity index (χ3n) is 14.1. The second kappa shape index (κ2) is 21.1. The van der Waals surface area contributed by atoms with Gasteiger partial charge < -0.3 is 49.1 Å². The molecule has 0 unspecified atom stereocenters. The molecule has 3 N–H and O–H groups in total. The number of hydrogen-bond acceptors (Lipinski definition) is 12. The van der Waals surface area contributed by atoms with Crippen molar-refractivity contribution in [1.29, 1.82) is 0 Å². The zero-order valence-electron chi connectivity index (χ0n) is 44.7. The molecule has 1 aromatic heterocycles. The first-order valence-electron chi connectivity index (χ1n) is 26.1. The van der Waals surface area contributed by atoms with Crippen LogP contribution in [0.25, 0.3) is 28.0 Å². The Morgan fingerprint density at radius 3 is 1.80 bits per heavy atom. The lowest BCUT2D eigenvalue weighted by atomic mass is 9.95. The van der Waals surface area contributed by atoms with Crippen LogP contribution in [0.15, 0.2) is 78.1 Å². The van der Waals surface area contributed by atoms with Crippen molar-refractivity contribution in [2.75, 3.05) is 19.9 Å². The number of amides is 5. The van der Waals surface area contributed by atoms with E-state index in [4.69, 9.17) is 33.7 Å². The van der Waals surface area contributed by atoms with E-state index in [1.165, 1.54) is 0 Å². The van der Waals surface area contributed by atoms with Crippen molar-refractivity contribution in [2.45, 2.75) is 149 Å². The van der Waals surface area contributed by atoms with E-state index in [0.29, 0.717) is 49.8 Å². The Labute approximate surface area is 438 Å². The van der Waals surface area contributed by atoms with Gasteiger partial charge in [0.25, 0.3) is 0 Å². The highest BCUT2D eigenvalue weighted by atomic mass is 16.7. The summed E-state index contributed by atoms with van der Waals surface area (Å²) in [5.74, 6) is 1.13. The number of fused-ring (bicyclic) bond motifs is 2. The summed E-state index contributed by atoms with van der Waals surface area (Å²) < 4.78 is 28.3. The molecule has 9 rings (SSSR count). The average molecular weight is 1030 g/mol. The normalized spacial score (nSPS) is 19.9. The van der Waals surface area contributed by atoms with Crippen molar-refractivity contribution < 1.29 is 47.7 Å². The summed E-state index contributed by atoms with van der Waals surface area (Å²) in [6, 6.07) is 17.9. The number of nitrogens with zero attached hydrogens (tertiary/aromatic N) is 5. The van der Waals surface area contributed by atoms with Gasteiger partial charge in [-0.25, -0.2) is 19.4 Å². The van der Waals surface area contributed by atoms with Crippen LogP contribution in [0.3, 0.4) is 0 Å². The van der Waals surface area contributed by atoms with Crippen LogP contribution in [-0.2, 0) is 36.9 Å². The summed E-state index contributed by atoms with van der Waals surface area (Å²) in [4.78, 5) is 86.2. The Morgan fingerprint density at radius 2 is 1.25 bits per heavy atom. The van der Waals surface area contributed by atoms with E-state index in [0.717, 1.165) is 63.2 Å². The molecule has 5 aliphatic heterocycles. The number of rotatable bonds is 12. The van der Waals surface area contributed by atoms with Crippen LogP contribution in [0.1, 0.15) is 123 Å². The smallest absolute Gasteiger partial charge is 0.410 e. The number of aromatic nitrogens is 2. The molecule has 0 radical (unpaired) electrons. The number of alkyl carbamates (subject to hydrolysis) is 2. The number of H-pyrrole nitrogens is 1. The molecular weight excluding hydrogens is 957 g/mol.